The number of rotatable bonds is 72. The molecule has 458 valence electrons. The van der Waals surface area contributed by atoms with Gasteiger partial charge in [-0.3, -0.25) is 0 Å². The van der Waals surface area contributed by atoms with E-state index in [-0.39, 0.29) is 0 Å². The van der Waals surface area contributed by atoms with Crippen LogP contribution in [0.4, 0.5) is 0 Å². The molecular weight excluding hydrogens is 915 g/mol. The normalized spacial score (nSPS) is 11.8. The first-order valence-corrected chi connectivity index (χ1v) is 37.6. The highest BCUT2D eigenvalue weighted by Crippen LogP contribution is 2.20. The molecule has 0 aromatic heterocycles. The molecule has 0 rings (SSSR count). The molecule has 1 nitrogen and oxygen atoms in total. The first-order valence-electron chi connectivity index (χ1n) is 37.6. The lowest BCUT2D eigenvalue weighted by Gasteiger charge is -2.22. The van der Waals surface area contributed by atoms with Crippen molar-refractivity contribution in [3.8, 4) is 0 Å². The molecule has 0 spiro atoms. The predicted molar refractivity (Wildman–Crippen MR) is 352 cm³/mol. The highest BCUT2D eigenvalue weighted by atomic mass is 15.1. The van der Waals surface area contributed by atoms with Gasteiger partial charge in [0.05, 0.1) is 0 Å². The lowest BCUT2D eigenvalue weighted by Crippen LogP contribution is -2.27. The SMILES string of the molecule is CCCCCCCCCCCCCCCCCCCCCCCCCN(CCCCCCCCCCCCCCCCCCCCCCCCC)CCCCCCCCCCCCCCCCCCCCCCCCC. The zero-order valence-electron chi connectivity index (χ0n) is 54.4. The fourth-order valence-corrected chi connectivity index (χ4v) is 12.7. The molecule has 0 aliphatic heterocycles. The molecule has 0 fully saturated rings. The lowest BCUT2D eigenvalue weighted by molar-refractivity contribution is 0.254. The molecule has 0 aromatic carbocycles. The average molecular weight is 1070 g/mol. The van der Waals surface area contributed by atoms with Gasteiger partial charge in [-0.2, -0.15) is 0 Å². The fourth-order valence-electron chi connectivity index (χ4n) is 12.7. The summed E-state index contributed by atoms with van der Waals surface area (Å²) in [6, 6.07) is 0. The van der Waals surface area contributed by atoms with Gasteiger partial charge in [0.1, 0.15) is 0 Å². The van der Waals surface area contributed by atoms with Crippen molar-refractivity contribution in [2.24, 2.45) is 0 Å². The van der Waals surface area contributed by atoms with Gasteiger partial charge in [-0.15, -0.1) is 0 Å². The maximum absolute atomic E-state index is 2.91. The topological polar surface area (TPSA) is 3.24 Å². The summed E-state index contributed by atoms with van der Waals surface area (Å²) in [6.07, 6.45) is 102. The predicted octanol–water partition coefficient (Wildman–Crippen LogP) is 28.3. The zero-order chi connectivity index (χ0) is 54.5. The van der Waals surface area contributed by atoms with Crippen molar-refractivity contribution in [2.45, 2.75) is 464 Å². The Hall–Kier alpha value is -0.0400. The van der Waals surface area contributed by atoms with E-state index in [1.54, 1.807) is 0 Å². The third-order valence-electron chi connectivity index (χ3n) is 18.2. The highest BCUT2D eigenvalue weighted by Gasteiger charge is 2.06. The van der Waals surface area contributed by atoms with E-state index in [2.05, 4.69) is 25.7 Å². The Balaban J connectivity index is 3.99. The van der Waals surface area contributed by atoms with Crippen LogP contribution in [0.1, 0.15) is 464 Å². The summed E-state index contributed by atoms with van der Waals surface area (Å²) < 4.78 is 0. The second-order valence-corrected chi connectivity index (χ2v) is 26.2. The molecule has 0 heterocycles. The second kappa shape index (κ2) is 73.0. The first-order chi connectivity index (χ1) is 37.8. The molecule has 0 aromatic rings. The van der Waals surface area contributed by atoms with Gasteiger partial charge in [0.15, 0.2) is 0 Å². The summed E-state index contributed by atoms with van der Waals surface area (Å²) in [5, 5.41) is 0. The van der Waals surface area contributed by atoms with E-state index in [0.29, 0.717) is 0 Å². The minimum atomic E-state index is 1.37. The summed E-state index contributed by atoms with van der Waals surface area (Å²) in [6.45, 7) is 11.1. The molecule has 0 atom stereocenters. The van der Waals surface area contributed by atoms with Crippen LogP contribution in [0.2, 0.25) is 0 Å². The van der Waals surface area contributed by atoms with Crippen LogP contribution in [0.5, 0.6) is 0 Å². The standard InChI is InChI=1S/C75H153N/c1-4-7-10-13-16-19-22-25-28-31-34-37-40-43-46-49-52-55-58-61-64-67-70-73-76(74-71-68-65-62-59-56-53-50-47-44-41-38-35-32-29-26-23-20-17-14-11-8-5-2)75-72-69-66-63-60-57-54-51-48-45-42-39-36-33-30-27-24-21-18-15-12-9-6-3/h4-75H2,1-3H3. The average Bonchev–Trinajstić information content (AvgIpc) is 3.43. The molecule has 0 aliphatic rings. The summed E-state index contributed by atoms with van der Waals surface area (Å²) in [5.41, 5.74) is 0. The van der Waals surface area contributed by atoms with Gasteiger partial charge >= 0.3 is 0 Å². The van der Waals surface area contributed by atoms with Crippen molar-refractivity contribution < 1.29 is 0 Å². The third-order valence-corrected chi connectivity index (χ3v) is 18.2. The van der Waals surface area contributed by atoms with Gasteiger partial charge in [-0.25, -0.2) is 0 Å². The van der Waals surface area contributed by atoms with Crippen LogP contribution in [0.15, 0.2) is 0 Å². The smallest absolute Gasteiger partial charge is 0.00187 e. The Labute approximate surface area is 486 Å². The molecule has 0 amide bonds. The quantitative estimate of drug-likeness (QED) is 0.0549. The minimum Gasteiger partial charge on any atom is -0.303 e. The van der Waals surface area contributed by atoms with Crippen LogP contribution in [-0.2, 0) is 0 Å². The molecule has 76 heavy (non-hydrogen) atoms. The maximum atomic E-state index is 2.91. The van der Waals surface area contributed by atoms with Crippen LogP contribution < -0.4 is 0 Å². The molecule has 1 heteroatoms. The van der Waals surface area contributed by atoms with Crippen molar-refractivity contribution in [3.63, 3.8) is 0 Å². The highest BCUT2D eigenvalue weighted by molar-refractivity contribution is 4.62. The number of nitrogens with zero attached hydrogens (tertiary/aromatic N) is 1. The summed E-state index contributed by atoms with van der Waals surface area (Å²) in [4.78, 5) is 2.91. The van der Waals surface area contributed by atoms with Gasteiger partial charge in [0.2, 0.25) is 0 Å². The molecule has 0 radical (unpaired) electrons. The Bertz CT molecular complexity index is 823. The Morgan fingerprint density at radius 2 is 0.184 bits per heavy atom. The largest absolute Gasteiger partial charge is 0.303 e. The van der Waals surface area contributed by atoms with Gasteiger partial charge in [0.25, 0.3) is 0 Å². The van der Waals surface area contributed by atoms with E-state index in [4.69, 9.17) is 0 Å². The number of hydrogen-bond donors (Lipinski definition) is 0. The van der Waals surface area contributed by atoms with Crippen molar-refractivity contribution >= 4 is 0 Å². The van der Waals surface area contributed by atoms with Gasteiger partial charge in [-0.05, 0) is 38.9 Å². The molecule has 0 N–H and O–H groups in total. The van der Waals surface area contributed by atoms with E-state index in [0.717, 1.165) is 0 Å². The van der Waals surface area contributed by atoms with E-state index in [1.807, 2.05) is 0 Å². The Morgan fingerprint density at radius 1 is 0.105 bits per heavy atom. The van der Waals surface area contributed by atoms with Gasteiger partial charge < -0.3 is 4.90 Å². The monoisotopic (exact) mass is 1070 g/mol. The summed E-state index contributed by atoms with van der Waals surface area (Å²) in [7, 11) is 0. The molecule has 0 aliphatic carbocycles. The molecular formula is C75H153N. The number of hydrogen-bond acceptors (Lipinski definition) is 1. The van der Waals surface area contributed by atoms with Gasteiger partial charge in [0, 0.05) is 0 Å². The van der Waals surface area contributed by atoms with E-state index >= 15 is 0 Å². The van der Waals surface area contributed by atoms with Crippen molar-refractivity contribution in [2.75, 3.05) is 19.6 Å². The molecule has 0 saturated heterocycles. The van der Waals surface area contributed by atoms with Crippen molar-refractivity contribution in [1.82, 2.24) is 4.90 Å². The van der Waals surface area contributed by atoms with Crippen LogP contribution in [0, 0.1) is 0 Å². The molecule has 0 saturated carbocycles. The Morgan fingerprint density at radius 3 is 0.276 bits per heavy atom. The molecule has 0 unspecified atom stereocenters. The third kappa shape index (κ3) is 70.1. The van der Waals surface area contributed by atoms with Crippen LogP contribution in [0.3, 0.4) is 0 Å². The van der Waals surface area contributed by atoms with E-state index in [1.165, 1.54) is 463 Å². The fraction of sp³-hybridized carbons (Fsp3) is 1.00. The van der Waals surface area contributed by atoms with Crippen LogP contribution >= 0.6 is 0 Å². The zero-order valence-corrected chi connectivity index (χ0v) is 54.4. The van der Waals surface area contributed by atoms with E-state index < -0.39 is 0 Å². The summed E-state index contributed by atoms with van der Waals surface area (Å²) in [5.74, 6) is 0. The van der Waals surface area contributed by atoms with Crippen LogP contribution in [-0.4, -0.2) is 24.5 Å². The lowest BCUT2D eigenvalue weighted by atomic mass is 10.0. The van der Waals surface area contributed by atoms with Crippen molar-refractivity contribution in [1.29, 1.82) is 0 Å². The minimum absolute atomic E-state index is 1.37. The van der Waals surface area contributed by atoms with Crippen LogP contribution in [0.25, 0.3) is 0 Å². The maximum Gasteiger partial charge on any atom is -0.00187 e. The summed E-state index contributed by atoms with van der Waals surface area (Å²) >= 11 is 0. The first kappa shape index (κ1) is 76.0. The Kier molecular flexibility index (Phi) is 72.9. The van der Waals surface area contributed by atoms with Crippen molar-refractivity contribution in [3.05, 3.63) is 0 Å². The molecule has 0 bridgehead atoms. The second-order valence-electron chi connectivity index (χ2n) is 26.2. The number of unbranched alkanes of at least 4 members (excludes halogenated alkanes) is 66. The van der Waals surface area contributed by atoms with E-state index in [9.17, 15) is 0 Å². The van der Waals surface area contributed by atoms with Gasteiger partial charge in [-0.1, -0.05) is 445 Å².